The van der Waals surface area contributed by atoms with Crippen molar-refractivity contribution in [1.82, 2.24) is 10.2 Å². The normalized spacial score (nSPS) is 16.0. The minimum atomic E-state index is -4.58. The maximum absolute atomic E-state index is 13.4. The first-order chi connectivity index (χ1) is 15.6. The number of benzene rings is 2. The molecule has 0 radical (unpaired) electrons. The van der Waals surface area contributed by atoms with E-state index < -0.39 is 11.7 Å². The van der Waals surface area contributed by atoms with Gasteiger partial charge in [0.2, 0.25) is 0 Å². The van der Waals surface area contributed by atoms with Crippen molar-refractivity contribution in [2.24, 2.45) is 0 Å². The van der Waals surface area contributed by atoms with Crippen molar-refractivity contribution >= 4 is 40.7 Å². The van der Waals surface area contributed by atoms with Crippen molar-refractivity contribution < 1.29 is 18.3 Å². The van der Waals surface area contributed by atoms with Crippen LogP contribution in [0.5, 0.6) is 5.75 Å². The highest BCUT2D eigenvalue weighted by atomic mass is 35.5. The number of H-pyrrole nitrogens is 1. The molecule has 0 bridgehead atoms. The Kier molecular flexibility index (Phi) is 6.38. The van der Waals surface area contributed by atoms with Crippen LogP contribution in [0.1, 0.15) is 42.5 Å². The molecule has 0 spiro atoms. The highest BCUT2D eigenvalue weighted by Gasteiger charge is 2.36. The van der Waals surface area contributed by atoms with Gasteiger partial charge in [0.25, 0.3) is 0 Å². The van der Waals surface area contributed by atoms with Gasteiger partial charge in [0.1, 0.15) is 5.75 Å². The first-order valence-electron chi connectivity index (χ1n) is 10.5. The lowest BCUT2D eigenvalue weighted by Gasteiger charge is -2.41. The summed E-state index contributed by atoms with van der Waals surface area (Å²) in [5.41, 5.74) is 3.79. The van der Waals surface area contributed by atoms with Crippen LogP contribution in [0.15, 0.2) is 42.2 Å². The Balaban J connectivity index is 1.99. The van der Waals surface area contributed by atoms with Crippen molar-refractivity contribution in [3.8, 4) is 5.75 Å². The van der Waals surface area contributed by atoms with Gasteiger partial charge in [-0.1, -0.05) is 43.1 Å². The minimum absolute atomic E-state index is 0.0603. The molecule has 3 aromatic rings. The molecule has 1 atom stereocenters. The van der Waals surface area contributed by atoms with Crippen molar-refractivity contribution in [3.05, 3.63) is 74.5 Å². The third-order valence-corrected chi connectivity index (χ3v) is 6.49. The molecule has 33 heavy (non-hydrogen) atoms. The zero-order chi connectivity index (χ0) is 23.9. The Bertz CT molecular complexity index is 1180. The second kappa shape index (κ2) is 8.95. The number of aryl methyl sites for hydroxylation is 1. The largest absolute Gasteiger partial charge is 0.508 e. The van der Waals surface area contributed by atoms with E-state index in [1.165, 1.54) is 0 Å². The lowest BCUT2D eigenvalue weighted by atomic mass is 9.87. The van der Waals surface area contributed by atoms with E-state index in [1.54, 1.807) is 24.5 Å². The number of aromatic nitrogens is 2. The monoisotopic (exact) mass is 495 g/mol. The number of nitrogens with one attached hydrogen (secondary N) is 1. The molecule has 1 aromatic heterocycles. The molecule has 2 N–H and O–H groups in total. The summed E-state index contributed by atoms with van der Waals surface area (Å²) >= 11 is 12.9. The maximum Gasteiger partial charge on any atom is 0.416 e. The van der Waals surface area contributed by atoms with E-state index in [2.05, 4.69) is 16.3 Å². The number of rotatable bonds is 5. The first kappa shape index (κ1) is 23.5. The van der Waals surface area contributed by atoms with Crippen LogP contribution < -0.4 is 4.90 Å². The molecule has 1 unspecified atom stereocenters. The predicted octanol–water partition coefficient (Wildman–Crippen LogP) is 7.56. The number of hydrogen-bond acceptors (Lipinski definition) is 3. The number of phenolic OH excluding ortho intramolecular Hbond substituents is 1. The minimum Gasteiger partial charge on any atom is -0.508 e. The zero-order valence-electron chi connectivity index (χ0n) is 18.0. The van der Waals surface area contributed by atoms with E-state index in [4.69, 9.17) is 23.2 Å². The molecule has 0 fully saturated rings. The molecule has 0 saturated heterocycles. The van der Waals surface area contributed by atoms with Crippen molar-refractivity contribution in [2.75, 3.05) is 4.90 Å². The van der Waals surface area contributed by atoms with Gasteiger partial charge in [-0.05, 0) is 47.7 Å². The number of fused-ring (bicyclic) bond motifs is 1. The fourth-order valence-electron chi connectivity index (χ4n) is 4.36. The quantitative estimate of drug-likeness (QED) is 0.383. The van der Waals surface area contributed by atoms with Gasteiger partial charge in [0, 0.05) is 24.2 Å². The first-order valence-corrected chi connectivity index (χ1v) is 11.3. The fraction of sp³-hybridized carbons (Fsp3) is 0.292. The van der Waals surface area contributed by atoms with E-state index in [1.807, 2.05) is 18.7 Å². The van der Waals surface area contributed by atoms with Crippen LogP contribution in [0.3, 0.4) is 0 Å². The number of hydrogen-bond donors (Lipinski definition) is 2. The highest BCUT2D eigenvalue weighted by molar-refractivity contribution is 6.39. The molecule has 2 aromatic carbocycles. The lowest BCUT2D eigenvalue weighted by Crippen LogP contribution is -2.38. The van der Waals surface area contributed by atoms with Gasteiger partial charge < -0.3 is 10.0 Å². The average molecular weight is 496 g/mol. The molecule has 0 saturated carbocycles. The summed E-state index contributed by atoms with van der Waals surface area (Å²) in [5, 5.41) is 17.0. The van der Waals surface area contributed by atoms with Gasteiger partial charge in [-0.3, -0.25) is 5.10 Å². The third kappa shape index (κ3) is 4.44. The molecule has 1 aliphatic heterocycles. The Morgan fingerprint density at radius 3 is 2.33 bits per heavy atom. The van der Waals surface area contributed by atoms with E-state index in [0.717, 1.165) is 34.4 Å². The number of aromatic amines is 1. The van der Waals surface area contributed by atoms with Gasteiger partial charge >= 0.3 is 6.18 Å². The Labute approximate surface area is 199 Å². The Hall–Kier alpha value is -2.64. The zero-order valence-corrected chi connectivity index (χ0v) is 19.5. The van der Waals surface area contributed by atoms with Crippen LogP contribution in [0.25, 0.3) is 6.08 Å². The fourth-order valence-corrected chi connectivity index (χ4v) is 5.03. The molecular weight excluding hydrogens is 474 g/mol. The summed E-state index contributed by atoms with van der Waals surface area (Å²) in [6, 6.07) is 4.80. The molecule has 4 nitrogen and oxygen atoms in total. The molecule has 9 heteroatoms. The van der Waals surface area contributed by atoms with Crippen molar-refractivity contribution in [2.45, 2.75) is 45.3 Å². The van der Waals surface area contributed by atoms with Gasteiger partial charge in [0.15, 0.2) is 0 Å². The molecule has 2 heterocycles. The SMILES string of the molecule is CCC1=Cc2c(CC)cc(O)cc2N(c2c(Cl)cc(C(F)(F)F)cc2Cl)C1Cc1cn[nH]c1. The van der Waals surface area contributed by atoms with Gasteiger partial charge in [-0.15, -0.1) is 0 Å². The summed E-state index contributed by atoms with van der Waals surface area (Å²) < 4.78 is 40.1. The number of nitrogens with zero attached hydrogens (tertiary/aromatic N) is 2. The maximum atomic E-state index is 13.4. The van der Waals surface area contributed by atoms with Crippen molar-refractivity contribution in [1.29, 1.82) is 0 Å². The van der Waals surface area contributed by atoms with Gasteiger partial charge in [-0.2, -0.15) is 18.3 Å². The van der Waals surface area contributed by atoms with E-state index in [9.17, 15) is 18.3 Å². The van der Waals surface area contributed by atoms with E-state index in [-0.39, 0.29) is 27.5 Å². The number of halogens is 5. The summed E-state index contributed by atoms with van der Waals surface area (Å²) in [6.07, 6.45) is 2.89. The highest BCUT2D eigenvalue weighted by Crippen LogP contribution is 2.49. The van der Waals surface area contributed by atoms with Gasteiger partial charge in [-0.25, -0.2) is 0 Å². The Morgan fingerprint density at radius 1 is 1.09 bits per heavy atom. The summed E-state index contributed by atoms with van der Waals surface area (Å²) in [6.45, 7) is 4.01. The molecule has 1 aliphatic rings. The molecular formula is C24H22Cl2F3N3O. The topological polar surface area (TPSA) is 52.1 Å². The smallest absolute Gasteiger partial charge is 0.416 e. The summed E-state index contributed by atoms with van der Waals surface area (Å²) in [5.74, 6) is 0.0603. The van der Waals surface area contributed by atoms with Crippen LogP contribution in [0.2, 0.25) is 10.0 Å². The molecule has 0 amide bonds. The molecule has 0 aliphatic carbocycles. The summed E-state index contributed by atoms with van der Waals surface area (Å²) in [4.78, 5) is 1.85. The number of phenols is 1. The van der Waals surface area contributed by atoms with Crippen LogP contribution in [-0.4, -0.2) is 21.3 Å². The molecule has 174 valence electrons. The lowest BCUT2D eigenvalue weighted by molar-refractivity contribution is -0.137. The standard InChI is InChI=1S/C24H22Cl2F3N3O/c1-3-14-6-17(33)10-22-18(14)7-15(4-2)21(5-13-11-30-31-12-13)32(22)23-19(25)8-16(9-20(23)26)24(27,28)29/h6-12,21,33H,3-5H2,1-2H3,(H,30,31). The predicted molar refractivity (Wildman–Crippen MR) is 125 cm³/mol. The van der Waals surface area contributed by atoms with E-state index >= 15 is 0 Å². The molecule has 4 rings (SSSR count). The average Bonchev–Trinajstić information content (AvgIpc) is 3.26. The van der Waals surface area contributed by atoms with E-state index in [0.29, 0.717) is 24.9 Å². The second-order valence-corrected chi connectivity index (χ2v) is 8.76. The van der Waals surface area contributed by atoms with Gasteiger partial charge in [0.05, 0.1) is 39.2 Å². The van der Waals surface area contributed by atoms with Crippen LogP contribution in [0, 0.1) is 0 Å². The van der Waals surface area contributed by atoms with Crippen LogP contribution >= 0.6 is 23.2 Å². The number of aromatic hydroxyl groups is 1. The Morgan fingerprint density at radius 2 is 1.79 bits per heavy atom. The second-order valence-electron chi connectivity index (χ2n) is 7.95. The van der Waals surface area contributed by atoms with Crippen LogP contribution in [0.4, 0.5) is 24.5 Å². The van der Waals surface area contributed by atoms with Crippen molar-refractivity contribution in [3.63, 3.8) is 0 Å². The number of anilines is 2. The third-order valence-electron chi connectivity index (χ3n) is 5.92. The van der Waals surface area contributed by atoms with Crippen LogP contribution in [-0.2, 0) is 19.0 Å². The summed E-state index contributed by atoms with van der Waals surface area (Å²) in [7, 11) is 0. The number of alkyl halides is 3.